The van der Waals surface area contributed by atoms with Gasteiger partial charge in [0.25, 0.3) is 0 Å². The number of aliphatic hydroxyl groups is 3. The van der Waals surface area contributed by atoms with Crippen molar-refractivity contribution in [3.8, 4) is 0 Å². The molecule has 0 radical (unpaired) electrons. The maximum atomic E-state index is 12.2. The van der Waals surface area contributed by atoms with Crippen molar-refractivity contribution in [1.82, 2.24) is 0 Å². The first-order valence-electron chi connectivity index (χ1n) is 11.8. The number of carbonyl (C=O) groups excluding carboxylic acids is 1. The zero-order valence-electron chi connectivity index (χ0n) is 19.6. The van der Waals surface area contributed by atoms with Crippen LogP contribution in [0.3, 0.4) is 0 Å². The van der Waals surface area contributed by atoms with E-state index in [9.17, 15) is 20.1 Å². The van der Waals surface area contributed by atoms with Gasteiger partial charge in [-0.1, -0.05) is 97.9 Å². The van der Waals surface area contributed by atoms with Crippen molar-refractivity contribution >= 4 is 5.91 Å². The molecule has 0 fully saturated rings. The molecule has 0 spiro atoms. The number of benzene rings is 3. The van der Waals surface area contributed by atoms with Crippen LogP contribution in [0, 0.1) is 11.3 Å². The minimum Gasteiger partial charge on any atom is -0.396 e. The average Bonchev–Trinajstić information content (AvgIpc) is 2.86. The number of carbonyl (C=O) groups is 1. The summed E-state index contributed by atoms with van der Waals surface area (Å²) in [6, 6.07) is 28.9. The fourth-order valence-electron chi connectivity index (χ4n) is 5.95. The van der Waals surface area contributed by atoms with Crippen molar-refractivity contribution in [3.05, 3.63) is 108 Å². The van der Waals surface area contributed by atoms with Gasteiger partial charge in [-0.15, -0.1) is 0 Å². The third-order valence-corrected chi connectivity index (χ3v) is 7.33. The first-order chi connectivity index (χ1) is 16.5. The molecule has 0 bridgehead atoms. The van der Waals surface area contributed by atoms with Gasteiger partial charge in [0.2, 0.25) is 5.91 Å². The van der Waals surface area contributed by atoms with Gasteiger partial charge in [0, 0.05) is 29.6 Å². The number of amides is 1. The van der Waals surface area contributed by atoms with Crippen LogP contribution in [0.5, 0.6) is 0 Å². The molecular weight excluding hydrogens is 426 g/mol. The summed E-state index contributed by atoms with van der Waals surface area (Å²) >= 11 is 0. The Morgan fingerprint density at radius 1 is 0.676 bits per heavy atom. The summed E-state index contributed by atoms with van der Waals surface area (Å²) in [5.74, 6) is -2.30. The monoisotopic (exact) mass is 461 g/mol. The fourth-order valence-corrected chi connectivity index (χ4v) is 5.95. The van der Waals surface area contributed by atoms with Gasteiger partial charge < -0.3 is 21.1 Å². The molecule has 0 saturated carbocycles. The van der Waals surface area contributed by atoms with Crippen molar-refractivity contribution in [2.45, 2.75) is 31.1 Å². The Bertz CT molecular complexity index is 894. The van der Waals surface area contributed by atoms with E-state index in [2.05, 4.69) is 0 Å². The highest BCUT2D eigenvalue weighted by atomic mass is 16.3. The van der Waals surface area contributed by atoms with Gasteiger partial charge in [0.15, 0.2) is 0 Å². The van der Waals surface area contributed by atoms with Crippen LogP contribution >= 0.6 is 0 Å². The summed E-state index contributed by atoms with van der Waals surface area (Å²) in [5, 5.41) is 32.7. The third-order valence-electron chi connectivity index (χ3n) is 7.33. The molecule has 0 aliphatic rings. The molecule has 0 aliphatic heterocycles. The highest BCUT2D eigenvalue weighted by Gasteiger charge is 2.55. The molecule has 5 N–H and O–H groups in total. The van der Waals surface area contributed by atoms with E-state index in [0.29, 0.717) is 0 Å². The maximum Gasteiger partial charge on any atom is 0.217 e. The van der Waals surface area contributed by atoms with Crippen molar-refractivity contribution in [3.63, 3.8) is 0 Å². The Morgan fingerprint density at radius 2 is 0.971 bits per heavy atom. The molecule has 4 unspecified atom stereocenters. The van der Waals surface area contributed by atoms with Gasteiger partial charge in [0.05, 0.1) is 19.8 Å². The Morgan fingerprint density at radius 3 is 1.21 bits per heavy atom. The quantitative estimate of drug-likeness (QED) is 0.329. The van der Waals surface area contributed by atoms with Crippen LogP contribution in [0.25, 0.3) is 0 Å². The summed E-state index contributed by atoms with van der Waals surface area (Å²) in [5.41, 5.74) is 7.40. The second-order valence-electron chi connectivity index (χ2n) is 9.01. The number of aliphatic hydroxyl groups excluding tert-OH is 3. The van der Waals surface area contributed by atoms with Gasteiger partial charge in [-0.05, 0) is 22.6 Å². The maximum absolute atomic E-state index is 12.2. The largest absolute Gasteiger partial charge is 0.396 e. The predicted octanol–water partition coefficient (Wildman–Crippen LogP) is 3.81. The second kappa shape index (κ2) is 11.9. The Kier molecular flexibility index (Phi) is 8.99. The number of hydrogen-bond donors (Lipinski definition) is 4. The molecular formula is C29H35NO4. The van der Waals surface area contributed by atoms with Crippen LogP contribution in [-0.4, -0.2) is 41.0 Å². The molecule has 0 saturated heterocycles. The van der Waals surface area contributed by atoms with Crippen molar-refractivity contribution in [1.29, 1.82) is 0 Å². The van der Waals surface area contributed by atoms with Gasteiger partial charge in [0.1, 0.15) is 0 Å². The van der Waals surface area contributed by atoms with Crippen LogP contribution in [0.2, 0.25) is 0 Å². The lowest BCUT2D eigenvalue weighted by molar-refractivity contribution is -0.121. The predicted molar refractivity (Wildman–Crippen MR) is 134 cm³/mol. The fraction of sp³-hybridized carbons (Fsp3) is 0.345. The van der Waals surface area contributed by atoms with E-state index in [-0.39, 0.29) is 32.2 Å². The van der Waals surface area contributed by atoms with E-state index in [0.717, 1.165) is 16.7 Å². The molecule has 180 valence electrons. The molecule has 5 nitrogen and oxygen atoms in total. The smallest absolute Gasteiger partial charge is 0.217 e. The SMILES string of the molecule is CC(CC(N)=O)C(C(CO)c1ccccc1)(C(CO)c1ccccc1)C(CO)c1ccccc1. The topological polar surface area (TPSA) is 104 Å². The van der Waals surface area contributed by atoms with Crippen molar-refractivity contribution < 1.29 is 20.1 Å². The lowest BCUT2D eigenvalue weighted by Gasteiger charge is -2.54. The summed E-state index contributed by atoms with van der Waals surface area (Å²) in [4.78, 5) is 12.2. The van der Waals surface area contributed by atoms with Crippen molar-refractivity contribution in [2.75, 3.05) is 19.8 Å². The first-order valence-corrected chi connectivity index (χ1v) is 11.8. The lowest BCUT2D eigenvalue weighted by Crippen LogP contribution is -2.50. The van der Waals surface area contributed by atoms with Crippen molar-refractivity contribution in [2.24, 2.45) is 17.1 Å². The van der Waals surface area contributed by atoms with Crippen LogP contribution < -0.4 is 5.73 Å². The van der Waals surface area contributed by atoms with E-state index >= 15 is 0 Å². The van der Waals surface area contributed by atoms with E-state index in [1.165, 1.54) is 0 Å². The molecule has 5 heteroatoms. The van der Waals surface area contributed by atoms with E-state index in [1.807, 2.05) is 97.9 Å². The first kappa shape index (κ1) is 25.6. The second-order valence-corrected chi connectivity index (χ2v) is 9.01. The minimum atomic E-state index is -0.947. The van der Waals surface area contributed by atoms with E-state index in [1.54, 1.807) is 0 Å². The molecule has 3 aromatic rings. The zero-order chi connectivity index (χ0) is 24.6. The third kappa shape index (κ3) is 5.07. The molecule has 3 aromatic carbocycles. The number of rotatable bonds is 12. The number of hydrogen-bond acceptors (Lipinski definition) is 4. The van der Waals surface area contributed by atoms with Gasteiger partial charge in [-0.2, -0.15) is 0 Å². The Labute approximate surface area is 201 Å². The Hall–Kier alpha value is -2.99. The number of primary amides is 1. The summed E-state index contributed by atoms with van der Waals surface area (Å²) in [7, 11) is 0. The number of nitrogens with two attached hydrogens (primary N) is 1. The molecule has 4 atom stereocenters. The van der Waals surface area contributed by atoms with Gasteiger partial charge in [-0.3, -0.25) is 4.79 Å². The van der Waals surface area contributed by atoms with E-state index < -0.39 is 29.1 Å². The molecule has 1 amide bonds. The summed E-state index contributed by atoms with van der Waals surface area (Å²) in [6.07, 6.45) is 0.0516. The summed E-state index contributed by atoms with van der Waals surface area (Å²) < 4.78 is 0. The molecule has 3 rings (SSSR count). The normalized spacial score (nSPS) is 16.7. The van der Waals surface area contributed by atoms with Crippen LogP contribution in [0.1, 0.15) is 47.8 Å². The molecule has 0 aliphatic carbocycles. The van der Waals surface area contributed by atoms with Gasteiger partial charge >= 0.3 is 0 Å². The Balaban J connectivity index is 2.40. The standard InChI is InChI=1S/C29H35NO4/c1-21(17-28(30)34)29(25(18-31)22-11-5-2-6-12-22,26(19-32)23-13-7-3-8-14-23)27(20-33)24-15-9-4-10-16-24/h2-16,21,25-27,31-33H,17-20H2,1H3,(H2,30,34). The van der Waals surface area contributed by atoms with E-state index in [4.69, 9.17) is 5.73 Å². The molecule has 0 heterocycles. The summed E-state index contributed by atoms with van der Waals surface area (Å²) in [6.45, 7) is 1.27. The molecule has 0 aromatic heterocycles. The highest BCUT2D eigenvalue weighted by Crippen LogP contribution is 2.60. The molecule has 34 heavy (non-hydrogen) atoms. The van der Waals surface area contributed by atoms with Crippen LogP contribution in [0.4, 0.5) is 0 Å². The minimum absolute atomic E-state index is 0.0516. The van der Waals surface area contributed by atoms with Gasteiger partial charge in [-0.25, -0.2) is 0 Å². The van der Waals surface area contributed by atoms with Crippen LogP contribution in [-0.2, 0) is 4.79 Å². The average molecular weight is 462 g/mol. The van der Waals surface area contributed by atoms with Crippen LogP contribution in [0.15, 0.2) is 91.0 Å². The lowest BCUT2D eigenvalue weighted by atomic mass is 9.49. The highest BCUT2D eigenvalue weighted by molar-refractivity contribution is 5.74. The zero-order valence-corrected chi connectivity index (χ0v) is 19.6.